The van der Waals surface area contributed by atoms with Crippen LogP contribution in [0.15, 0.2) is 29.2 Å². The number of benzene rings is 1. The predicted octanol–water partition coefficient (Wildman–Crippen LogP) is -0.0279. The lowest BCUT2D eigenvalue weighted by Crippen LogP contribution is -2.41. The molecule has 1 saturated heterocycles. The Morgan fingerprint density at radius 3 is 2.24 bits per heavy atom. The van der Waals surface area contributed by atoms with Gasteiger partial charge in [-0.3, -0.25) is 14.4 Å². The molecule has 1 heterocycles. The monoisotopic (exact) mass is 428 g/mol. The first-order valence-electron chi connectivity index (χ1n) is 8.64. The van der Waals surface area contributed by atoms with Crippen molar-refractivity contribution in [2.24, 2.45) is 0 Å². The number of aliphatic carboxylic acids is 3. The number of carboxylic acid groups (broad SMARTS) is 3. The van der Waals surface area contributed by atoms with Crippen molar-refractivity contribution in [2.45, 2.75) is 42.7 Å². The minimum Gasteiger partial charge on any atom is -0.481 e. The van der Waals surface area contributed by atoms with Gasteiger partial charge in [0.05, 0.1) is 4.90 Å². The van der Waals surface area contributed by atoms with Gasteiger partial charge in [-0.15, -0.1) is 0 Å². The second kappa shape index (κ2) is 9.01. The number of carbonyl (C=O) groups is 4. The Hall–Kier alpha value is -2.99. The van der Waals surface area contributed by atoms with E-state index in [1.54, 1.807) is 0 Å². The Labute approximate surface area is 166 Å². The molecule has 12 heteroatoms. The summed E-state index contributed by atoms with van der Waals surface area (Å²) in [6, 6.07) is 2.05. The molecule has 1 fully saturated rings. The van der Waals surface area contributed by atoms with Crippen molar-refractivity contribution >= 4 is 33.8 Å². The maximum absolute atomic E-state index is 12.7. The van der Waals surface area contributed by atoms with Crippen molar-refractivity contribution in [3.63, 3.8) is 0 Å². The molecule has 1 aliphatic rings. The average Bonchev–Trinajstić information content (AvgIpc) is 3.15. The highest BCUT2D eigenvalue weighted by Crippen LogP contribution is 2.26. The molecule has 1 aromatic rings. The Bertz CT molecular complexity index is 911. The van der Waals surface area contributed by atoms with E-state index in [1.165, 1.54) is 12.1 Å². The first-order valence-corrected chi connectivity index (χ1v) is 10.1. The van der Waals surface area contributed by atoms with Crippen molar-refractivity contribution in [1.82, 2.24) is 9.62 Å². The minimum absolute atomic E-state index is 0.0262. The van der Waals surface area contributed by atoms with Crippen molar-refractivity contribution in [3.8, 4) is 0 Å². The topological polar surface area (TPSA) is 178 Å². The number of sulfonamides is 1. The highest BCUT2D eigenvalue weighted by Gasteiger charge is 2.39. The Morgan fingerprint density at radius 2 is 1.72 bits per heavy atom. The fourth-order valence-corrected chi connectivity index (χ4v) is 4.61. The van der Waals surface area contributed by atoms with Crippen LogP contribution in [0.1, 0.15) is 36.0 Å². The molecule has 1 aliphatic heterocycles. The van der Waals surface area contributed by atoms with E-state index in [0.29, 0.717) is 6.42 Å². The van der Waals surface area contributed by atoms with E-state index in [4.69, 9.17) is 10.2 Å². The number of amides is 1. The van der Waals surface area contributed by atoms with Crippen LogP contribution < -0.4 is 5.32 Å². The Morgan fingerprint density at radius 1 is 1.10 bits per heavy atom. The van der Waals surface area contributed by atoms with Gasteiger partial charge >= 0.3 is 17.9 Å². The summed E-state index contributed by atoms with van der Waals surface area (Å²) < 4.78 is 26.3. The zero-order chi connectivity index (χ0) is 21.8. The lowest BCUT2D eigenvalue weighted by atomic mass is 10.1. The first kappa shape index (κ1) is 22.3. The van der Waals surface area contributed by atoms with Gasteiger partial charge in [0.2, 0.25) is 10.0 Å². The molecule has 0 saturated carbocycles. The highest BCUT2D eigenvalue weighted by molar-refractivity contribution is 7.89. The molecule has 0 unspecified atom stereocenters. The standard InChI is InChI=1S/C17H20N2O9S/c20-14(21)8-7-12(16(23)24)18-15(22)10-3-5-11(6-4-10)29(27,28)19-9-1-2-13(19)17(25)26/h3-6,12-13H,1-2,7-9H2,(H,18,22)(H,20,21)(H,23,24)(H,25,26)/t12-,13+/m0/s1. The Kier molecular flexibility index (Phi) is 6.93. The van der Waals surface area contributed by atoms with Crippen LogP contribution >= 0.6 is 0 Å². The third-order valence-corrected chi connectivity index (χ3v) is 6.38. The summed E-state index contributed by atoms with van der Waals surface area (Å²) in [7, 11) is -4.07. The van der Waals surface area contributed by atoms with Gasteiger partial charge in [0, 0.05) is 18.5 Å². The van der Waals surface area contributed by atoms with Crippen LogP contribution in [0, 0.1) is 0 Å². The van der Waals surface area contributed by atoms with E-state index in [0.717, 1.165) is 16.4 Å². The molecular weight excluding hydrogens is 408 g/mol. The number of carboxylic acids is 3. The number of nitrogens with zero attached hydrogens (tertiary/aromatic N) is 1. The zero-order valence-electron chi connectivity index (χ0n) is 15.1. The minimum atomic E-state index is -4.07. The summed E-state index contributed by atoms with van der Waals surface area (Å²) in [5.41, 5.74) is -0.0262. The van der Waals surface area contributed by atoms with Crippen molar-refractivity contribution < 1.29 is 42.9 Å². The summed E-state index contributed by atoms with van der Waals surface area (Å²) in [5, 5.41) is 29.1. The fourth-order valence-electron chi connectivity index (χ4n) is 2.96. The second-order valence-electron chi connectivity index (χ2n) is 6.43. The molecule has 1 aromatic carbocycles. The predicted molar refractivity (Wildman–Crippen MR) is 96.8 cm³/mol. The number of carbonyl (C=O) groups excluding carboxylic acids is 1. The largest absolute Gasteiger partial charge is 0.481 e. The second-order valence-corrected chi connectivity index (χ2v) is 8.32. The number of rotatable bonds is 9. The maximum Gasteiger partial charge on any atom is 0.326 e. The van der Waals surface area contributed by atoms with E-state index in [-0.39, 0.29) is 29.8 Å². The fraction of sp³-hybridized carbons (Fsp3) is 0.412. The normalized spacial score (nSPS) is 18.1. The van der Waals surface area contributed by atoms with Crippen LogP contribution in [0.4, 0.5) is 0 Å². The molecule has 158 valence electrons. The summed E-state index contributed by atoms with van der Waals surface area (Å²) in [6.07, 6.45) is -0.130. The van der Waals surface area contributed by atoms with Gasteiger partial charge < -0.3 is 20.6 Å². The SMILES string of the molecule is O=C(O)CC[C@H](NC(=O)c1ccc(S(=O)(=O)N2CCC[C@@H]2C(=O)O)cc1)C(=O)O. The molecule has 2 atom stereocenters. The molecule has 2 rings (SSSR count). The number of nitrogens with one attached hydrogen (secondary N) is 1. The quantitative estimate of drug-likeness (QED) is 0.420. The third-order valence-electron chi connectivity index (χ3n) is 4.46. The van der Waals surface area contributed by atoms with Crippen LogP contribution in [-0.2, 0) is 24.4 Å². The molecular formula is C17H20N2O9S. The number of hydrogen-bond acceptors (Lipinski definition) is 6. The molecule has 0 bridgehead atoms. The molecule has 4 N–H and O–H groups in total. The van der Waals surface area contributed by atoms with Crippen LogP contribution in [0.25, 0.3) is 0 Å². The van der Waals surface area contributed by atoms with E-state index in [1.807, 2.05) is 0 Å². The van der Waals surface area contributed by atoms with E-state index in [9.17, 15) is 32.7 Å². The zero-order valence-corrected chi connectivity index (χ0v) is 16.0. The summed E-state index contributed by atoms with van der Waals surface area (Å²) in [5.74, 6) is -4.64. The van der Waals surface area contributed by atoms with Gasteiger partial charge in [0.15, 0.2) is 0 Å². The summed E-state index contributed by atoms with van der Waals surface area (Å²) in [6.45, 7) is 0.0748. The molecule has 1 amide bonds. The van der Waals surface area contributed by atoms with Crippen LogP contribution in [0.5, 0.6) is 0 Å². The van der Waals surface area contributed by atoms with Gasteiger partial charge in [-0.05, 0) is 43.5 Å². The maximum atomic E-state index is 12.7. The van der Waals surface area contributed by atoms with Crippen LogP contribution in [-0.4, -0.2) is 70.5 Å². The van der Waals surface area contributed by atoms with Gasteiger partial charge in [-0.25, -0.2) is 13.2 Å². The molecule has 11 nitrogen and oxygen atoms in total. The van der Waals surface area contributed by atoms with E-state index < -0.39 is 52.3 Å². The van der Waals surface area contributed by atoms with Gasteiger partial charge in [0.25, 0.3) is 5.91 Å². The number of hydrogen-bond donors (Lipinski definition) is 4. The van der Waals surface area contributed by atoms with E-state index in [2.05, 4.69) is 5.32 Å². The molecule has 29 heavy (non-hydrogen) atoms. The van der Waals surface area contributed by atoms with Crippen molar-refractivity contribution in [1.29, 1.82) is 0 Å². The van der Waals surface area contributed by atoms with Crippen LogP contribution in [0.3, 0.4) is 0 Å². The first-order chi connectivity index (χ1) is 13.5. The van der Waals surface area contributed by atoms with Crippen molar-refractivity contribution in [2.75, 3.05) is 6.54 Å². The molecule has 0 spiro atoms. The van der Waals surface area contributed by atoms with Gasteiger partial charge in [-0.1, -0.05) is 0 Å². The van der Waals surface area contributed by atoms with Gasteiger partial charge in [-0.2, -0.15) is 4.31 Å². The third kappa shape index (κ3) is 5.29. The lowest BCUT2D eigenvalue weighted by molar-refractivity contribution is -0.141. The van der Waals surface area contributed by atoms with Crippen LogP contribution in [0.2, 0.25) is 0 Å². The summed E-state index contributed by atoms with van der Waals surface area (Å²) in [4.78, 5) is 45.0. The van der Waals surface area contributed by atoms with E-state index >= 15 is 0 Å². The van der Waals surface area contributed by atoms with Crippen molar-refractivity contribution in [3.05, 3.63) is 29.8 Å². The highest BCUT2D eigenvalue weighted by atomic mass is 32.2. The molecule has 0 aromatic heterocycles. The molecule has 0 aliphatic carbocycles. The Balaban J connectivity index is 2.14. The molecule has 0 radical (unpaired) electrons. The van der Waals surface area contributed by atoms with Gasteiger partial charge in [0.1, 0.15) is 12.1 Å². The summed E-state index contributed by atoms with van der Waals surface area (Å²) >= 11 is 0. The average molecular weight is 428 g/mol. The smallest absolute Gasteiger partial charge is 0.326 e. The lowest BCUT2D eigenvalue weighted by Gasteiger charge is -2.21.